The Kier molecular flexibility index (Phi) is 6.90. The number of aliphatic carboxylic acids is 1. The first-order chi connectivity index (χ1) is 18.7. The van der Waals surface area contributed by atoms with Gasteiger partial charge in [-0.25, -0.2) is 8.78 Å². The molecule has 6 nitrogen and oxygen atoms in total. The van der Waals surface area contributed by atoms with E-state index in [1.54, 1.807) is 17.0 Å². The number of likely N-dealkylation sites (tertiary alicyclic amines) is 2. The Balaban J connectivity index is 1.54. The van der Waals surface area contributed by atoms with Gasteiger partial charge in [0.1, 0.15) is 18.4 Å². The molecule has 0 aromatic heterocycles. The molecular weight excluding hydrogens is 535 g/mol. The molecule has 2 aliphatic heterocycles. The van der Waals surface area contributed by atoms with E-state index in [0.29, 0.717) is 44.7 Å². The van der Waals surface area contributed by atoms with Crippen molar-refractivity contribution in [2.75, 3.05) is 13.1 Å². The third kappa shape index (κ3) is 4.62. The summed E-state index contributed by atoms with van der Waals surface area (Å²) >= 11 is 0. The number of nitrogens with zero attached hydrogens (tertiary/aromatic N) is 2. The predicted molar refractivity (Wildman–Crippen MR) is 134 cm³/mol. The fourth-order valence-electron chi connectivity index (χ4n) is 6.78. The van der Waals surface area contributed by atoms with E-state index < -0.39 is 59.1 Å². The number of amides is 2. The Morgan fingerprint density at radius 3 is 2.40 bits per heavy atom. The van der Waals surface area contributed by atoms with Gasteiger partial charge in [-0.2, -0.15) is 13.2 Å². The minimum atomic E-state index is -5.10. The lowest BCUT2D eigenvalue weighted by atomic mass is 9.63. The van der Waals surface area contributed by atoms with Gasteiger partial charge in [-0.15, -0.1) is 0 Å². The zero-order chi connectivity index (χ0) is 29.0. The van der Waals surface area contributed by atoms with Gasteiger partial charge in [0.25, 0.3) is 0 Å². The molecule has 4 atom stereocenters. The molecule has 0 radical (unpaired) electrons. The molecule has 1 N–H and O–H groups in total. The minimum absolute atomic E-state index is 0.0652. The predicted octanol–water partition coefficient (Wildman–Crippen LogP) is 4.68. The molecule has 11 heteroatoms. The van der Waals surface area contributed by atoms with E-state index in [1.165, 1.54) is 24.3 Å². The van der Waals surface area contributed by atoms with E-state index in [-0.39, 0.29) is 18.7 Å². The first kappa shape index (κ1) is 28.0. The summed E-state index contributed by atoms with van der Waals surface area (Å²) in [6.45, 7) is 0.207. The first-order valence-electron chi connectivity index (χ1n) is 13.2. The number of carbonyl (C=O) groups excluding carboxylic acids is 2. The number of alkyl halides is 4. The molecule has 0 saturated carbocycles. The van der Waals surface area contributed by atoms with Crippen LogP contribution in [0.5, 0.6) is 0 Å². The van der Waals surface area contributed by atoms with Gasteiger partial charge in [-0.3, -0.25) is 14.4 Å². The smallest absolute Gasteiger partial charge is 0.426 e. The number of carboxylic acid groups (broad SMARTS) is 1. The summed E-state index contributed by atoms with van der Waals surface area (Å²) in [7, 11) is 0. The molecule has 214 valence electrons. The highest BCUT2D eigenvalue weighted by atomic mass is 19.4. The molecule has 40 heavy (non-hydrogen) atoms. The van der Waals surface area contributed by atoms with Crippen molar-refractivity contribution >= 4 is 17.8 Å². The average molecular weight is 565 g/mol. The Labute approximate surface area is 227 Å². The first-order valence-corrected chi connectivity index (χ1v) is 13.2. The quantitative estimate of drug-likeness (QED) is 0.518. The number of halogens is 5. The van der Waals surface area contributed by atoms with E-state index in [4.69, 9.17) is 0 Å². The Morgan fingerprint density at radius 1 is 1.05 bits per heavy atom. The molecule has 2 fully saturated rings. The number of hydrogen-bond acceptors (Lipinski definition) is 3. The van der Waals surface area contributed by atoms with Crippen molar-refractivity contribution in [2.45, 2.75) is 74.8 Å². The normalized spacial score (nSPS) is 25.9. The highest BCUT2D eigenvalue weighted by Crippen LogP contribution is 2.51. The van der Waals surface area contributed by atoms with Crippen LogP contribution in [0.2, 0.25) is 0 Å². The lowest BCUT2D eigenvalue weighted by Crippen LogP contribution is -2.54. The lowest BCUT2D eigenvalue weighted by Gasteiger charge is -2.44. The van der Waals surface area contributed by atoms with Crippen LogP contribution in [0.4, 0.5) is 22.0 Å². The topological polar surface area (TPSA) is 77.9 Å². The van der Waals surface area contributed by atoms with Gasteiger partial charge in [0.2, 0.25) is 17.5 Å². The van der Waals surface area contributed by atoms with Gasteiger partial charge in [0.05, 0.1) is 0 Å². The second-order valence-corrected chi connectivity index (χ2v) is 11.1. The summed E-state index contributed by atoms with van der Waals surface area (Å²) in [5.41, 5.74) is -2.72. The fraction of sp³-hybridized carbons (Fsp3) is 0.483. The van der Waals surface area contributed by atoms with Gasteiger partial charge < -0.3 is 14.9 Å². The SMILES string of the molecule is CC(F)(c1ccc2c(c1)CC[C@H]1N(C(=O)[C@@H]3CCC(=O)N3CC(=O)O)CC[C@@]21Cc1ccc(F)cc1)C(F)(F)F. The monoisotopic (exact) mass is 564 g/mol. The Bertz CT molecular complexity index is 1340. The maximum Gasteiger partial charge on any atom is 0.426 e. The molecular formula is C29H29F5N2O4. The molecule has 1 aliphatic carbocycles. The average Bonchev–Trinajstić information content (AvgIpc) is 3.44. The third-order valence-electron chi connectivity index (χ3n) is 8.85. The van der Waals surface area contributed by atoms with Crippen LogP contribution in [0.15, 0.2) is 42.5 Å². The molecule has 2 aromatic carbocycles. The van der Waals surface area contributed by atoms with Crippen LogP contribution in [0.3, 0.4) is 0 Å². The van der Waals surface area contributed by atoms with Crippen molar-refractivity contribution in [2.24, 2.45) is 0 Å². The largest absolute Gasteiger partial charge is 0.480 e. The zero-order valence-corrected chi connectivity index (χ0v) is 21.8. The summed E-state index contributed by atoms with van der Waals surface area (Å²) in [5, 5.41) is 9.27. The van der Waals surface area contributed by atoms with Crippen LogP contribution in [-0.4, -0.2) is 64.0 Å². The Morgan fingerprint density at radius 2 is 1.75 bits per heavy atom. The summed E-state index contributed by atoms with van der Waals surface area (Å²) in [6, 6.07) is 8.51. The van der Waals surface area contributed by atoms with Gasteiger partial charge in [0, 0.05) is 24.4 Å². The standard InChI is InChI=1S/C29H29F5N2O4/c1-27(31,29(32,33)34)19-5-8-21-18(14-19)4-10-23-28(21,15-17-2-6-20(30)7-3-17)12-13-35(23)26(40)22-9-11-24(37)36(22)16-25(38)39/h2-3,5-8,14,22-23H,4,9-13,15-16H2,1H3,(H,38,39)/t22-,23+,27?,28+/m0/s1. The highest BCUT2D eigenvalue weighted by molar-refractivity contribution is 5.93. The molecule has 2 saturated heterocycles. The van der Waals surface area contributed by atoms with Crippen LogP contribution in [-0.2, 0) is 38.3 Å². The van der Waals surface area contributed by atoms with Crippen LogP contribution in [0.25, 0.3) is 0 Å². The molecule has 0 bridgehead atoms. The van der Waals surface area contributed by atoms with E-state index in [2.05, 4.69) is 0 Å². The van der Waals surface area contributed by atoms with Crippen molar-refractivity contribution in [3.05, 3.63) is 70.5 Å². The molecule has 3 aliphatic rings. The zero-order valence-electron chi connectivity index (χ0n) is 21.8. The van der Waals surface area contributed by atoms with E-state index in [0.717, 1.165) is 22.1 Å². The highest BCUT2D eigenvalue weighted by Gasteiger charge is 2.56. The van der Waals surface area contributed by atoms with Gasteiger partial charge in [-0.05, 0) is 73.4 Å². The van der Waals surface area contributed by atoms with Crippen molar-refractivity contribution in [3.63, 3.8) is 0 Å². The number of hydrogen-bond donors (Lipinski definition) is 1. The third-order valence-corrected chi connectivity index (χ3v) is 8.85. The number of rotatable bonds is 6. The molecule has 2 amide bonds. The van der Waals surface area contributed by atoms with Crippen LogP contribution < -0.4 is 0 Å². The van der Waals surface area contributed by atoms with Crippen molar-refractivity contribution < 1.29 is 41.4 Å². The number of carboxylic acids is 1. The minimum Gasteiger partial charge on any atom is -0.480 e. The summed E-state index contributed by atoms with van der Waals surface area (Å²) in [5.74, 6) is -2.40. The van der Waals surface area contributed by atoms with E-state index in [1.807, 2.05) is 0 Å². The number of carbonyl (C=O) groups is 3. The maximum absolute atomic E-state index is 14.9. The van der Waals surface area contributed by atoms with Gasteiger partial charge >= 0.3 is 12.1 Å². The van der Waals surface area contributed by atoms with Crippen LogP contribution in [0, 0.1) is 5.82 Å². The maximum atomic E-state index is 14.9. The fourth-order valence-corrected chi connectivity index (χ4v) is 6.78. The van der Waals surface area contributed by atoms with Gasteiger partial charge in [-0.1, -0.05) is 30.3 Å². The van der Waals surface area contributed by atoms with Crippen molar-refractivity contribution in [1.29, 1.82) is 0 Å². The number of fused-ring (bicyclic) bond motifs is 3. The van der Waals surface area contributed by atoms with E-state index >= 15 is 0 Å². The van der Waals surface area contributed by atoms with Crippen molar-refractivity contribution in [3.8, 4) is 0 Å². The van der Waals surface area contributed by atoms with Crippen LogP contribution in [0.1, 0.15) is 54.9 Å². The number of benzene rings is 2. The molecule has 2 aromatic rings. The van der Waals surface area contributed by atoms with E-state index in [9.17, 15) is 41.4 Å². The molecule has 5 rings (SSSR count). The van der Waals surface area contributed by atoms with Gasteiger partial charge in [0.15, 0.2) is 0 Å². The lowest BCUT2D eigenvalue weighted by molar-refractivity contribution is -0.228. The molecule has 1 unspecified atom stereocenters. The molecule has 0 spiro atoms. The second kappa shape index (κ2) is 9.85. The van der Waals surface area contributed by atoms with Crippen LogP contribution >= 0.6 is 0 Å². The van der Waals surface area contributed by atoms with Crippen molar-refractivity contribution in [1.82, 2.24) is 9.80 Å². The molecule has 2 heterocycles. The number of aryl methyl sites for hydroxylation is 1. The Hall–Kier alpha value is -3.50. The second-order valence-electron chi connectivity index (χ2n) is 11.1. The summed E-state index contributed by atoms with van der Waals surface area (Å²) in [4.78, 5) is 40.3. The summed E-state index contributed by atoms with van der Waals surface area (Å²) in [6.07, 6.45) is -3.33. The summed E-state index contributed by atoms with van der Waals surface area (Å²) < 4.78 is 68.9.